The van der Waals surface area contributed by atoms with Gasteiger partial charge >= 0.3 is 0 Å². The van der Waals surface area contributed by atoms with Crippen molar-refractivity contribution in [1.29, 1.82) is 0 Å². The first kappa shape index (κ1) is 14.3. The number of hydrogen-bond donors (Lipinski definition) is 1. The van der Waals surface area contributed by atoms with Gasteiger partial charge in [-0.15, -0.1) is 0 Å². The molecule has 4 heteroatoms. The topological polar surface area (TPSA) is 45.4 Å². The van der Waals surface area contributed by atoms with Crippen LogP contribution in [0.4, 0.5) is 5.82 Å². The summed E-state index contributed by atoms with van der Waals surface area (Å²) in [7, 11) is 4.33. The third kappa shape index (κ3) is 3.01. The van der Waals surface area contributed by atoms with Crippen LogP contribution in [0.25, 0.3) is 10.9 Å². The molecule has 1 aromatic heterocycles. The lowest BCUT2D eigenvalue weighted by Crippen LogP contribution is -2.29. The maximum atomic E-state index is 5.93. The van der Waals surface area contributed by atoms with Gasteiger partial charge in [0.15, 0.2) is 0 Å². The molecule has 4 nitrogen and oxygen atoms in total. The number of para-hydroxylation sites is 1. The van der Waals surface area contributed by atoms with Crippen molar-refractivity contribution < 1.29 is 0 Å². The maximum Gasteiger partial charge on any atom is 0.133 e. The number of pyridine rings is 1. The largest absolute Gasteiger partial charge is 0.359 e. The lowest BCUT2D eigenvalue weighted by molar-refractivity contribution is 0.395. The van der Waals surface area contributed by atoms with Crippen molar-refractivity contribution in [2.24, 2.45) is 11.7 Å². The Balaban J connectivity index is 1.87. The second-order valence-electron chi connectivity index (χ2n) is 6.17. The standard InChI is InChI=1S/C17H24N4/c1-20-8-7-13(11-20)12-21(2)17-15(10-18)9-14-5-3-4-6-16(14)19-17/h3-6,9,13H,7-8,10-12,18H2,1-2H3. The molecule has 21 heavy (non-hydrogen) atoms. The highest BCUT2D eigenvalue weighted by molar-refractivity contribution is 5.81. The van der Waals surface area contributed by atoms with Crippen molar-refractivity contribution in [3.8, 4) is 0 Å². The van der Waals surface area contributed by atoms with Crippen LogP contribution in [0.5, 0.6) is 0 Å². The van der Waals surface area contributed by atoms with Gasteiger partial charge < -0.3 is 15.5 Å². The van der Waals surface area contributed by atoms with Crippen molar-refractivity contribution in [3.05, 3.63) is 35.9 Å². The molecule has 112 valence electrons. The predicted octanol–water partition coefficient (Wildman–Crippen LogP) is 2.08. The summed E-state index contributed by atoms with van der Waals surface area (Å²) in [5.41, 5.74) is 8.10. The lowest BCUT2D eigenvalue weighted by atomic mass is 10.1. The Morgan fingerprint density at radius 2 is 2.19 bits per heavy atom. The maximum absolute atomic E-state index is 5.93. The summed E-state index contributed by atoms with van der Waals surface area (Å²) in [6.07, 6.45) is 1.27. The fraction of sp³-hybridized carbons (Fsp3) is 0.471. The van der Waals surface area contributed by atoms with Crippen LogP contribution >= 0.6 is 0 Å². The van der Waals surface area contributed by atoms with Gasteiger partial charge in [0.05, 0.1) is 5.52 Å². The summed E-state index contributed by atoms with van der Waals surface area (Å²) in [6.45, 7) is 3.95. The number of rotatable bonds is 4. The zero-order valence-corrected chi connectivity index (χ0v) is 12.9. The minimum Gasteiger partial charge on any atom is -0.359 e. The van der Waals surface area contributed by atoms with Crippen LogP contribution < -0.4 is 10.6 Å². The van der Waals surface area contributed by atoms with E-state index in [1.807, 2.05) is 12.1 Å². The first-order valence-corrected chi connectivity index (χ1v) is 7.66. The first-order valence-electron chi connectivity index (χ1n) is 7.66. The Labute approximate surface area is 126 Å². The van der Waals surface area contributed by atoms with Gasteiger partial charge in [0.1, 0.15) is 5.82 Å². The van der Waals surface area contributed by atoms with E-state index >= 15 is 0 Å². The van der Waals surface area contributed by atoms with Crippen LogP contribution in [0.2, 0.25) is 0 Å². The number of aromatic nitrogens is 1. The molecule has 1 saturated heterocycles. The van der Waals surface area contributed by atoms with E-state index in [2.05, 4.69) is 42.1 Å². The quantitative estimate of drug-likeness (QED) is 0.933. The molecule has 0 bridgehead atoms. The summed E-state index contributed by atoms with van der Waals surface area (Å²) in [6, 6.07) is 10.4. The Kier molecular flexibility index (Phi) is 4.08. The van der Waals surface area contributed by atoms with Crippen LogP contribution in [0.3, 0.4) is 0 Å². The SMILES string of the molecule is CN1CCC(CN(C)c2nc3ccccc3cc2CN)C1. The van der Waals surface area contributed by atoms with Gasteiger partial charge in [0, 0.05) is 37.6 Å². The normalized spacial score (nSPS) is 19.3. The highest BCUT2D eigenvalue weighted by Crippen LogP contribution is 2.24. The molecule has 0 amide bonds. The number of anilines is 1. The molecule has 2 N–H and O–H groups in total. The zero-order valence-electron chi connectivity index (χ0n) is 12.9. The van der Waals surface area contributed by atoms with Gasteiger partial charge in [-0.3, -0.25) is 0 Å². The molecule has 1 atom stereocenters. The number of hydrogen-bond acceptors (Lipinski definition) is 4. The summed E-state index contributed by atoms with van der Waals surface area (Å²) < 4.78 is 0. The molecule has 2 aromatic rings. The monoisotopic (exact) mass is 284 g/mol. The molecular weight excluding hydrogens is 260 g/mol. The Morgan fingerprint density at radius 3 is 2.90 bits per heavy atom. The second-order valence-corrected chi connectivity index (χ2v) is 6.17. The van der Waals surface area contributed by atoms with Crippen LogP contribution in [-0.2, 0) is 6.54 Å². The number of benzene rings is 1. The van der Waals surface area contributed by atoms with E-state index in [1.54, 1.807) is 0 Å². The van der Waals surface area contributed by atoms with Crippen molar-refractivity contribution in [3.63, 3.8) is 0 Å². The summed E-state index contributed by atoms with van der Waals surface area (Å²) in [5, 5.41) is 1.16. The van der Waals surface area contributed by atoms with Crippen molar-refractivity contribution in [2.45, 2.75) is 13.0 Å². The predicted molar refractivity (Wildman–Crippen MR) is 88.5 cm³/mol. The van der Waals surface area contributed by atoms with E-state index in [1.165, 1.54) is 19.5 Å². The van der Waals surface area contributed by atoms with Crippen molar-refractivity contribution >= 4 is 16.7 Å². The fourth-order valence-corrected chi connectivity index (χ4v) is 3.28. The molecule has 1 unspecified atom stereocenters. The summed E-state index contributed by atoms with van der Waals surface area (Å²) >= 11 is 0. The fourth-order valence-electron chi connectivity index (χ4n) is 3.28. The molecule has 1 aromatic carbocycles. The van der Waals surface area contributed by atoms with E-state index in [0.29, 0.717) is 6.54 Å². The Hall–Kier alpha value is -1.65. The minimum absolute atomic E-state index is 0.530. The Morgan fingerprint density at radius 1 is 1.38 bits per heavy atom. The van der Waals surface area contributed by atoms with Crippen LogP contribution in [-0.4, -0.2) is 43.6 Å². The first-order chi connectivity index (χ1) is 10.2. The lowest BCUT2D eigenvalue weighted by Gasteiger charge is -2.24. The highest BCUT2D eigenvalue weighted by atomic mass is 15.2. The molecule has 0 spiro atoms. The van der Waals surface area contributed by atoms with Gasteiger partial charge in [0.25, 0.3) is 0 Å². The number of nitrogens with zero attached hydrogens (tertiary/aromatic N) is 3. The van der Waals surface area contributed by atoms with Gasteiger partial charge in [-0.05, 0) is 38.1 Å². The molecular formula is C17H24N4. The van der Waals surface area contributed by atoms with Gasteiger partial charge in [-0.2, -0.15) is 0 Å². The van der Waals surface area contributed by atoms with Crippen LogP contribution in [0, 0.1) is 5.92 Å². The van der Waals surface area contributed by atoms with Gasteiger partial charge in [0.2, 0.25) is 0 Å². The van der Waals surface area contributed by atoms with E-state index in [9.17, 15) is 0 Å². The van der Waals surface area contributed by atoms with E-state index in [0.717, 1.165) is 34.7 Å². The number of nitrogens with two attached hydrogens (primary N) is 1. The van der Waals surface area contributed by atoms with Crippen LogP contribution in [0.15, 0.2) is 30.3 Å². The second kappa shape index (κ2) is 6.00. The van der Waals surface area contributed by atoms with E-state index < -0.39 is 0 Å². The third-order valence-electron chi connectivity index (χ3n) is 4.38. The molecule has 0 radical (unpaired) electrons. The molecule has 0 aliphatic carbocycles. The minimum atomic E-state index is 0.530. The smallest absolute Gasteiger partial charge is 0.133 e. The zero-order chi connectivity index (χ0) is 14.8. The summed E-state index contributed by atoms with van der Waals surface area (Å²) in [4.78, 5) is 9.51. The molecule has 0 saturated carbocycles. The van der Waals surface area contributed by atoms with Crippen molar-refractivity contribution in [2.75, 3.05) is 38.6 Å². The third-order valence-corrected chi connectivity index (χ3v) is 4.38. The van der Waals surface area contributed by atoms with Crippen molar-refractivity contribution in [1.82, 2.24) is 9.88 Å². The highest BCUT2D eigenvalue weighted by Gasteiger charge is 2.22. The van der Waals surface area contributed by atoms with E-state index in [-0.39, 0.29) is 0 Å². The van der Waals surface area contributed by atoms with Crippen LogP contribution in [0.1, 0.15) is 12.0 Å². The summed E-state index contributed by atoms with van der Waals surface area (Å²) in [5.74, 6) is 1.75. The molecule has 1 fully saturated rings. The number of likely N-dealkylation sites (tertiary alicyclic amines) is 1. The molecule has 3 rings (SSSR count). The van der Waals surface area contributed by atoms with Gasteiger partial charge in [-0.25, -0.2) is 4.98 Å². The average molecular weight is 284 g/mol. The average Bonchev–Trinajstić information content (AvgIpc) is 2.90. The molecule has 1 aliphatic heterocycles. The Bertz CT molecular complexity index is 625. The number of fused-ring (bicyclic) bond motifs is 1. The molecule has 2 heterocycles. The van der Waals surface area contributed by atoms with Gasteiger partial charge in [-0.1, -0.05) is 18.2 Å². The molecule has 1 aliphatic rings. The van der Waals surface area contributed by atoms with E-state index in [4.69, 9.17) is 10.7 Å².